The summed E-state index contributed by atoms with van der Waals surface area (Å²) in [6.07, 6.45) is 0. The number of alkyl halides is 2. The van der Waals surface area contributed by atoms with Crippen molar-refractivity contribution in [1.29, 1.82) is 0 Å². The first-order valence-corrected chi connectivity index (χ1v) is 8.91. The van der Waals surface area contributed by atoms with Gasteiger partial charge in [0, 0.05) is 31.3 Å². The highest BCUT2D eigenvalue weighted by atomic mass is 127. The fourth-order valence-electron chi connectivity index (χ4n) is 2.83. The summed E-state index contributed by atoms with van der Waals surface area (Å²) in [5.74, 6) is -0.858. The van der Waals surface area contributed by atoms with Gasteiger partial charge in [0.25, 0.3) is 0 Å². The molecule has 0 fully saturated rings. The Morgan fingerprint density at radius 3 is 2.23 bits per heavy atom. The van der Waals surface area contributed by atoms with Gasteiger partial charge < -0.3 is 20.3 Å². The van der Waals surface area contributed by atoms with Crippen molar-refractivity contribution in [1.82, 2.24) is 15.5 Å². The summed E-state index contributed by atoms with van der Waals surface area (Å²) in [7, 11) is 4.96. The zero-order valence-corrected chi connectivity index (χ0v) is 19.2. The van der Waals surface area contributed by atoms with Crippen molar-refractivity contribution >= 4 is 29.9 Å². The number of hydrogen-bond donors (Lipinski definition) is 2. The van der Waals surface area contributed by atoms with E-state index in [4.69, 9.17) is 0 Å². The van der Waals surface area contributed by atoms with Gasteiger partial charge in [0.1, 0.15) is 17.4 Å². The van der Waals surface area contributed by atoms with Crippen molar-refractivity contribution in [2.75, 3.05) is 27.7 Å². The quantitative estimate of drug-likeness (QED) is 0.229. The van der Waals surface area contributed by atoms with E-state index in [9.17, 15) is 17.6 Å². The molecule has 1 unspecified atom stereocenters. The number of likely N-dealkylation sites (N-methyl/N-ethyl adjacent to an activating group) is 1. The van der Waals surface area contributed by atoms with E-state index in [-0.39, 0.29) is 48.4 Å². The first-order valence-electron chi connectivity index (χ1n) is 8.91. The van der Waals surface area contributed by atoms with Gasteiger partial charge in [-0.2, -0.15) is 8.78 Å². The molecule has 1 atom stereocenters. The number of ether oxygens (including phenoxy) is 1. The highest BCUT2D eigenvalue weighted by Crippen LogP contribution is 2.24. The van der Waals surface area contributed by atoms with Gasteiger partial charge >= 0.3 is 6.61 Å². The number of nitrogens with one attached hydrogen (secondary N) is 2. The summed E-state index contributed by atoms with van der Waals surface area (Å²) >= 11 is 0. The van der Waals surface area contributed by atoms with E-state index in [1.165, 1.54) is 31.3 Å². The van der Waals surface area contributed by atoms with Crippen molar-refractivity contribution in [3.05, 3.63) is 65.2 Å². The molecule has 30 heavy (non-hydrogen) atoms. The second kappa shape index (κ2) is 12.6. The van der Waals surface area contributed by atoms with Crippen LogP contribution in [0.3, 0.4) is 0 Å². The van der Waals surface area contributed by atoms with Crippen LogP contribution >= 0.6 is 24.0 Å². The fourth-order valence-corrected chi connectivity index (χ4v) is 2.83. The molecule has 0 aliphatic rings. The third-order valence-electron chi connectivity index (χ3n) is 4.28. The molecular weight excluding hydrogens is 515 g/mol. The van der Waals surface area contributed by atoms with E-state index in [0.717, 1.165) is 0 Å². The molecule has 0 amide bonds. The fraction of sp³-hybridized carbons (Fsp3) is 0.350. The minimum absolute atomic E-state index is 0. The predicted molar refractivity (Wildman–Crippen MR) is 119 cm³/mol. The maximum absolute atomic E-state index is 14.2. The summed E-state index contributed by atoms with van der Waals surface area (Å²) in [6.45, 7) is -2.59. The van der Waals surface area contributed by atoms with Gasteiger partial charge in [0.15, 0.2) is 5.96 Å². The molecule has 0 saturated carbocycles. The zero-order valence-electron chi connectivity index (χ0n) is 16.8. The van der Waals surface area contributed by atoms with E-state index in [1.54, 1.807) is 37.2 Å². The Morgan fingerprint density at radius 2 is 1.67 bits per heavy atom. The maximum Gasteiger partial charge on any atom is 0.387 e. The van der Waals surface area contributed by atoms with Crippen molar-refractivity contribution in [2.24, 2.45) is 4.99 Å². The first kappa shape index (κ1) is 26.0. The molecule has 0 aliphatic carbocycles. The van der Waals surface area contributed by atoms with Crippen molar-refractivity contribution < 1.29 is 22.3 Å². The summed E-state index contributed by atoms with van der Waals surface area (Å²) < 4.78 is 57.9. The van der Waals surface area contributed by atoms with E-state index >= 15 is 0 Å². The molecule has 2 rings (SSSR count). The van der Waals surface area contributed by atoms with Gasteiger partial charge in [0.2, 0.25) is 0 Å². The molecule has 166 valence electrons. The minimum atomic E-state index is -2.93. The third-order valence-corrected chi connectivity index (χ3v) is 4.28. The number of aliphatic imine (C=N–C) groups is 1. The average Bonchev–Trinajstić information content (AvgIpc) is 2.66. The summed E-state index contributed by atoms with van der Waals surface area (Å²) in [4.78, 5) is 5.75. The Bertz CT molecular complexity index is 816. The van der Waals surface area contributed by atoms with E-state index < -0.39 is 24.3 Å². The molecule has 0 radical (unpaired) electrons. The Labute approximate surface area is 190 Å². The maximum atomic E-state index is 14.2. The number of nitrogens with zero attached hydrogens (tertiary/aromatic N) is 2. The van der Waals surface area contributed by atoms with Crippen LogP contribution in [-0.2, 0) is 6.54 Å². The molecule has 2 aromatic carbocycles. The number of hydrogen-bond acceptors (Lipinski definition) is 3. The second-order valence-corrected chi connectivity index (χ2v) is 6.41. The number of guanidine groups is 1. The SMILES string of the molecule is CN=C(NCc1ccccc1OC(F)F)NCC(c1c(F)cccc1F)N(C)C.I. The molecule has 0 bridgehead atoms. The lowest BCUT2D eigenvalue weighted by Crippen LogP contribution is -2.42. The number of benzene rings is 2. The third kappa shape index (κ3) is 7.31. The minimum Gasteiger partial charge on any atom is -0.434 e. The molecule has 0 saturated heterocycles. The van der Waals surface area contributed by atoms with Crippen LogP contribution in [0.25, 0.3) is 0 Å². The molecular formula is C20H25F4IN4O. The van der Waals surface area contributed by atoms with E-state index in [1.807, 2.05) is 0 Å². The van der Waals surface area contributed by atoms with Gasteiger partial charge in [-0.25, -0.2) is 8.78 Å². The van der Waals surface area contributed by atoms with Crippen LogP contribution in [0.5, 0.6) is 5.75 Å². The van der Waals surface area contributed by atoms with Crippen molar-refractivity contribution in [3.8, 4) is 5.75 Å². The second-order valence-electron chi connectivity index (χ2n) is 6.41. The number of halogens is 5. The van der Waals surface area contributed by atoms with Crippen LogP contribution in [0, 0.1) is 11.6 Å². The smallest absolute Gasteiger partial charge is 0.387 e. The van der Waals surface area contributed by atoms with Gasteiger partial charge in [-0.15, -0.1) is 24.0 Å². The Morgan fingerprint density at radius 1 is 1.03 bits per heavy atom. The Balaban J connectivity index is 0.00000450. The van der Waals surface area contributed by atoms with Crippen LogP contribution < -0.4 is 15.4 Å². The van der Waals surface area contributed by atoms with Gasteiger partial charge in [-0.1, -0.05) is 24.3 Å². The molecule has 2 N–H and O–H groups in total. The van der Waals surface area contributed by atoms with Crippen LogP contribution in [0.4, 0.5) is 17.6 Å². The summed E-state index contributed by atoms with van der Waals surface area (Å²) in [5.41, 5.74) is 0.469. The predicted octanol–water partition coefficient (Wildman–Crippen LogP) is 4.15. The van der Waals surface area contributed by atoms with E-state index in [0.29, 0.717) is 11.5 Å². The lowest BCUT2D eigenvalue weighted by atomic mass is 10.0. The van der Waals surface area contributed by atoms with Crippen LogP contribution in [0.1, 0.15) is 17.2 Å². The lowest BCUT2D eigenvalue weighted by Gasteiger charge is -2.26. The number of para-hydroxylation sites is 1. The van der Waals surface area contributed by atoms with Gasteiger partial charge in [-0.3, -0.25) is 4.99 Å². The Hall–Kier alpha value is -2.08. The molecule has 10 heteroatoms. The zero-order chi connectivity index (χ0) is 21.4. The van der Waals surface area contributed by atoms with Crippen molar-refractivity contribution in [2.45, 2.75) is 19.2 Å². The molecule has 2 aromatic rings. The normalized spacial score (nSPS) is 12.5. The molecule has 5 nitrogen and oxygen atoms in total. The molecule has 0 aliphatic heterocycles. The van der Waals surface area contributed by atoms with Crippen LogP contribution in [-0.4, -0.2) is 45.2 Å². The first-order chi connectivity index (χ1) is 13.8. The molecule has 0 aromatic heterocycles. The molecule has 0 heterocycles. The highest BCUT2D eigenvalue weighted by molar-refractivity contribution is 14.0. The topological polar surface area (TPSA) is 48.9 Å². The molecule has 0 spiro atoms. The lowest BCUT2D eigenvalue weighted by molar-refractivity contribution is -0.0504. The Kier molecular flexibility index (Phi) is 10.9. The standard InChI is InChI=1S/C20H24F4N4O.HI/c1-25-20(26-11-13-7-4-5-10-17(13)29-19(23)24)27-12-16(28(2)3)18-14(21)8-6-9-15(18)22;/h4-10,16,19H,11-12H2,1-3H3,(H2,25,26,27);1H. The van der Waals surface area contributed by atoms with E-state index in [2.05, 4.69) is 20.4 Å². The highest BCUT2D eigenvalue weighted by Gasteiger charge is 2.22. The largest absolute Gasteiger partial charge is 0.434 e. The summed E-state index contributed by atoms with van der Waals surface area (Å²) in [5, 5.41) is 5.99. The van der Waals surface area contributed by atoms with Gasteiger partial charge in [0.05, 0.1) is 6.04 Å². The number of rotatable bonds is 8. The summed E-state index contributed by atoms with van der Waals surface area (Å²) in [6, 6.07) is 9.53. The van der Waals surface area contributed by atoms with Crippen LogP contribution in [0.15, 0.2) is 47.5 Å². The van der Waals surface area contributed by atoms with Gasteiger partial charge in [-0.05, 0) is 32.3 Å². The monoisotopic (exact) mass is 540 g/mol. The average molecular weight is 540 g/mol. The van der Waals surface area contributed by atoms with Crippen LogP contribution in [0.2, 0.25) is 0 Å². The van der Waals surface area contributed by atoms with Crippen molar-refractivity contribution in [3.63, 3.8) is 0 Å².